The molecule has 5 nitrogen and oxygen atoms in total. The molecule has 0 spiro atoms. The third-order valence-corrected chi connectivity index (χ3v) is 5.28. The van der Waals surface area contributed by atoms with Gasteiger partial charge in [-0.15, -0.1) is 0 Å². The van der Waals surface area contributed by atoms with Crippen LogP contribution in [-0.4, -0.2) is 26.6 Å². The maximum Gasteiger partial charge on any atom is 0.248 e. The lowest BCUT2D eigenvalue weighted by Gasteiger charge is -2.30. The second kappa shape index (κ2) is 8.05. The minimum absolute atomic E-state index is 0.160. The van der Waals surface area contributed by atoms with Gasteiger partial charge < -0.3 is 5.32 Å². The summed E-state index contributed by atoms with van der Waals surface area (Å²) in [4.78, 5) is 12.8. The number of carbonyl (C=O) groups is 1. The Morgan fingerprint density at radius 2 is 1.92 bits per heavy atom. The number of amides is 1. The van der Waals surface area contributed by atoms with Gasteiger partial charge in [-0.1, -0.05) is 36.7 Å². The van der Waals surface area contributed by atoms with Crippen LogP contribution in [0.15, 0.2) is 42.5 Å². The average molecular weight is 399 g/mol. The lowest BCUT2D eigenvalue weighted by molar-refractivity contribution is -0.117. The molecule has 0 aromatic heterocycles. The molecule has 0 saturated carbocycles. The van der Waals surface area contributed by atoms with E-state index < -0.39 is 27.8 Å². The summed E-state index contributed by atoms with van der Waals surface area (Å²) in [5, 5.41) is 3.13. The van der Waals surface area contributed by atoms with E-state index in [2.05, 4.69) is 5.32 Å². The van der Waals surface area contributed by atoms with Crippen molar-refractivity contribution in [3.63, 3.8) is 0 Å². The molecule has 0 saturated heterocycles. The van der Waals surface area contributed by atoms with Crippen molar-refractivity contribution in [1.29, 1.82) is 0 Å². The summed E-state index contributed by atoms with van der Waals surface area (Å²) in [6, 6.07) is 9.35. The van der Waals surface area contributed by atoms with E-state index in [0.29, 0.717) is 10.7 Å². The standard InChI is InChI=1S/C18H20ClFN2O3S/c1-4-16(18(23)21-15-11-13(19)10-9-12(15)2)22(26(3,24)25)17-8-6-5-7-14(17)20/h5-11,16H,4H2,1-3H3,(H,21,23)/t16-/m0/s1. The number of para-hydroxylation sites is 1. The molecule has 0 radical (unpaired) electrons. The molecule has 1 N–H and O–H groups in total. The Kier molecular flexibility index (Phi) is 6.26. The highest BCUT2D eigenvalue weighted by Crippen LogP contribution is 2.27. The number of rotatable bonds is 6. The molecule has 140 valence electrons. The Bertz CT molecular complexity index is 918. The van der Waals surface area contributed by atoms with Gasteiger partial charge in [0.1, 0.15) is 11.9 Å². The molecule has 0 unspecified atom stereocenters. The number of hydrogen-bond donors (Lipinski definition) is 1. The second-order valence-electron chi connectivity index (χ2n) is 5.88. The molecule has 2 aromatic rings. The molecular weight excluding hydrogens is 379 g/mol. The van der Waals surface area contributed by atoms with Gasteiger partial charge in [-0.2, -0.15) is 0 Å². The minimum Gasteiger partial charge on any atom is -0.324 e. The molecular formula is C18H20ClFN2O3S. The number of hydrogen-bond acceptors (Lipinski definition) is 3. The largest absolute Gasteiger partial charge is 0.324 e. The molecule has 0 aliphatic rings. The van der Waals surface area contributed by atoms with Crippen LogP contribution in [0.1, 0.15) is 18.9 Å². The number of sulfonamides is 1. The Balaban J connectivity index is 2.44. The van der Waals surface area contributed by atoms with Gasteiger partial charge in [-0.25, -0.2) is 12.8 Å². The van der Waals surface area contributed by atoms with Crippen molar-refractivity contribution in [2.24, 2.45) is 0 Å². The molecule has 8 heteroatoms. The zero-order valence-corrected chi connectivity index (χ0v) is 16.2. The number of anilines is 2. The van der Waals surface area contributed by atoms with Gasteiger partial charge in [0.05, 0.1) is 11.9 Å². The molecule has 0 bridgehead atoms. The maximum atomic E-state index is 14.2. The number of halogens is 2. The smallest absolute Gasteiger partial charge is 0.248 e. The van der Waals surface area contributed by atoms with Crippen LogP contribution in [0.5, 0.6) is 0 Å². The Labute approximate surface area is 157 Å². The van der Waals surface area contributed by atoms with E-state index in [4.69, 9.17) is 11.6 Å². The zero-order chi connectivity index (χ0) is 19.5. The zero-order valence-electron chi connectivity index (χ0n) is 14.7. The molecule has 2 aromatic carbocycles. The van der Waals surface area contributed by atoms with Gasteiger partial charge in [0.25, 0.3) is 0 Å². The summed E-state index contributed by atoms with van der Waals surface area (Å²) >= 11 is 5.96. The summed E-state index contributed by atoms with van der Waals surface area (Å²) in [7, 11) is -3.90. The van der Waals surface area contributed by atoms with Crippen molar-refractivity contribution >= 4 is 38.9 Å². The van der Waals surface area contributed by atoms with Crippen LogP contribution in [0.4, 0.5) is 15.8 Å². The fourth-order valence-corrected chi connectivity index (χ4v) is 4.00. The van der Waals surface area contributed by atoms with Crippen molar-refractivity contribution in [3.05, 3.63) is 58.9 Å². The normalized spacial score (nSPS) is 12.5. The lowest BCUT2D eigenvalue weighted by Crippen LogP contribution is -2.47. The highest BCUT2D eigenvalue weighted by molar-refractivity contribution is 7.92. The van der Waals surface area contributed by atoms with Gasteiger partial charge in [0.15, 0.2) is 0 Å². The van der Waals surface area contributed by atoms with Gasteiger partial charge in [-0.05, 0) is 43.2 Å². The van der Waals surface area contributed by atoms with Gasteiger partial charge >= 0.3 is 0 Å². The van der Waals surface area contributed by atoms with E-state index in [9.17, 15) is 17.6 Å². The van der Waals surface area contributed by atoms with Crippen LogP contribution in [0.3, 0.4) is 0 Å². The SMILES string of the molecule is CC[C@@H](C(=O)Nc1cc(Cl)ccc1C)N(c1ccccc1F)S(C)(=O)=O. The Hall–Kier alpha value is -2.12. The van der Waals surface area contributed by atoms with E-state index in [0.717, 1.165) is 22.2 Å². The van der Waals surface area contributed by atoms with E-state index in [1.807, 2.05) is 0 Å². The molecule has 26 heavy (non-hydrogen) atoms. The molecule has 2 rings (SSSR count). The van der Waals surface area contributed by atoms with Crippen LogP contribution in [0, 0.1) is 12.7 Å². The molecule has 1 amide bonds. The predicted molar refractivity (Wildman–Crippen MR) is 103 cm³/mol. The number of carbonyl (C=O) groups excluding carboxylic acids is 1. The van der Waals surface area contributed by atoms with Crippen LogP contribution >= 0.6 is 11.6 Å². The first-order valence-corrected chi connectivity index (χ1v) is 10.2. The van der Waals surface area contributed by atoms with Gasteiger partial charge in [-0.3, -0.25) is 9.10 Å². The summed E-state index contributed by atoms with van der Waals surface area (Å²) in [5.74, 6) is -1.28. The highest BCUT2D eigenvalue weighted by atomic mass is 35.5. The lowest BCUT2D eigenvalue weighted by atomic mass is 10.1. The number of nitrogens with zero attached hydrogens (tertiary/aromatic N) is 1. The first-order chi connectivity index (χ1) is 12.1. The van der Waals surface area contributed by atoms with Crippen LogP contribution in [0.2, 0.25) is 5.02 Å². The van der Waals surface area contributed by atoms with Crippen molar-refractivity contribution in [2.45, 2.75) is 26.3 Å². The van der Waals surface area contributed by atoms with E-state index >= 15 is 0 Å². The summed E-state index contributed by atoms with van der Waals surface area (Å²) in [5.41, 5.74) is 1.08. The topological polar surface area (TPSA) is 66.5 Å². The number of nitrogens with one attached hydrogen (secondary N) is 1. The first kappa shape index (κ1) is 20.2. The summed E-state index contributed by atoms with van der Waals surface area (Å²) in [6.45, 7) is 3.45. The highest BCUT2D eigenvalue weighted by Gasteiger charge is 2.33. The number of aryl methyl sites for hydroxylation is 1. The van der Waals surface area contributed by atoms with E-state index in [1.165, 1.54) is 18.2 Å². The van der Waals surface area contributed by atoms with Crippen LogP contribution in [-0.2, 0) is 14.8 Å². The molecule has 0 aliphatic carbocycles. The maximum absolute atomic E-state index is 14.2. The van der Waals surface area contributed by atoms with Crippen molar-refractivity contribution < 1.29 is 17.6 Å². The average Bonchev–Trinajstić information content (AvgIpc) is 2.55. The Morgan fingerprint density at radius 1 is 1.27 bits per heavy atom. The van der Waals surface area contributed by atoms with Crippen molar-refractivity contribution in [1.82, 2.24) is 0 Å². The van der Waals surface area contributed by atoms with E-state index in [-0.39, 0.29) is 12.1 Å². The molecule has 0 fully saturated rings. The molecule has 0 heterocycles. The number of benzene rings is 2. The van der Waals surface area contributed by atoms with Crippen LogP contribution < -0.4 is 9.62 Å². The van der Waals surface area contributed by atoms with Gasteiger partial charge in [0.2, 0.25) is 15.9 Å². The van der Waals surface area contributed by atoms with Gasteiger partial charge in [0, 0.05) is 10.7 Å². The third-order valence-electron chi connectivity index (χ3n) is 3.88. The first-order valence-electron chi connectivity index (χ1n) is 7.96. The predicted octanol–water partition coefficient (Wildman–Crippen LogP) is 3.97. The fourth-order valence-electron chi connectivity index (χ4n) is 2.61. The molecule has 0 aliphatic heterocycles. The fraction of sp³-hybridized carbons (Fsp3) is 0.278. The second-order valence-corrected chi connectivity index (χ2v) is 8.18. The van der Waals surface area contributed by atoms with Crippen molar-refractivity contribution in [3.8, 4) is 0 Å². The third kappa shape index (κ3) is 4.53. The van der Waals surface area contributed by atoms with E-state index in [1.54, 1.807) is 32.0 Å². The Morgan fingerprint density at radius 3 is 2.50 bits per heavy atom. The van der Waals surface area contributed by atoms with Crippen molar-refractivity contribution in [2.75, 3.05) is 15.9 Å². The summed E-state index contributed by atoms with van der Waals surface area (Å²) in [6.07, 6.45) is 1.10. The quantitative estimate of drug-likeness (QED) is 0.800. The monoisotopic (exact) mass is 398 g/mol. The molecule has 1 atom stereocenters. The summed E-state index contributed by atoms with van der Waals surface area (Å²) < 4.78 is 39.7. The minimum atomic E-state index is -3.90. The van der Waals surface area contributed by atoms with Crippen LogP contribution in [0.25, 0.3) is 0 Å².